The van der Waals surface area contributed by atoms with Crippen LogP contribution in [0.15, 0.2) is 10.3 Å². The normalized spacial score (nSPS) is 18.1. The zero-order valence-electron chi connectivity index (χ0n) is 22.8. The van der Waals surface area contributed by atoms with E-state index < -0.39 is 57.7 Å². The molecule has 0 saturated heterocycles. The first-order valence-electron chi connectivity index (χ1n) is 11.1. The minimum atomic E-state index is -2.02. The van der Waals surface area contributed by atoms with Crippen LogP contribution in [0.1, 0.15) is 0 Å². The minimum absolute atomic E-state index is 0.455. The zero-order chi connectivity index (χ0) is 25.4. The van der Waals surface area contributed by atoms with Gasteiger partial charge in [-0.05, 0) is 78.6 Å². The van der Waals surface area contributed by atoms with Crippen molar-refractivity contribution in [2.75, 3.05) is 14.2 Å². The van der Waals surface area contributed by atoms with Crippen LogP contribution in [0, 0.1) is 0 Å². The van der Waals surface area contributed by atoms with Crippen molar-refractivity contribution in [3.63, 3.8) is 0 Å². The molecule has 0 heterocycles. The van der Waals surface area contributed by atoms with Crippen LogP contribution in [0.3, 0.4) is 0 Å². The SMILES string of the molecule is CO/N=C\[C@H](O[Si](C)(C)C)[C@@H](O[Si](C)(C)C)[C@@H](O[Si](C)(C)C)[C@@H](/C=N\OC)O[Si](C)(C)C. The smallest absolute Gasteiger partial charge is 0.184 e. The summed E-state index contributed by atoms with van der Waals surface area (Å²) in [6.45, 7) is 25.8. The van der Waals surface area contributed by atoms with E-state index in [2.05, 4.69) is 88.9 Å². The molecular formula is C20H48N2O6Si4. The molecule has 0 saturated carbocycles. The first-order chi connectivity index (χ1) is 14.3. The maximum absolute atomic E-state index is 6.75. The van der Waals surface area contributed by atoms with Gasteiger partial charge >= 0.3 is 0 Å². The Morgan fingerprint density at radius 1 is 0.469 bits per heavy atom. The van der Waals surface area contributed by atoms with Gasteiger partial charge in [0, 0.05) is 0 Å². The average Bonchev–Trinajstić information content (AvgIpc) is 2.54. The van der Waals surface area contributed by atoms with Gasteiger partial charge in [-0.1, -0.05) is 10.3 Å². The van der Waals surface area contributed by atoms with Crippen molar-refractivity contribution in [3.8, 4) is 0 Å². The van der Waals surface area contributed by atoms with Crippen LogP contribution in [0.2, 0.25) is 78.6 Å². The fraction of sp³-hybridized carbons (Fsp3) is 0.900. The van der Waals surface area contributed by atoms with Crippen LogP contribution >= 0.6 is 0 Å². The molecule has 0 aliphatic rings. The van der Waals surface area contributed by atoms with Gasteiger partial charge < -0.3 is 27.4 Å². The van der Waals surface area contributed by atoms with Crippen LogP contribution < -0.4 is 0 Å². The Bertz CT molecular complexity index is 543. The van der Waals surface area contributed by atoms with E-state index in [4.69, 9.17) is 27.4 Å². The lowest BCUT2D eigenvalue weighted by molar-refractivity contribution is -0.0423. The Balaban J connectivity index is 6.69. The molecule has 0 aromatic carbocycles. The van der Waals surface area contributed by atoms with Gasteiger partial charge in [0.25, 0.3) is 0 Å². The van der Waals surface area contributed by atoms with E-state index in [-0.39, 0.29) is 0 Å². The van der Waals surface area contributed by atoms with Crippen molar-refractivity contribution in [1.29, 1.82) is 0 Å². The van der Waals surface area contributed by atoms with E-state index >= 15 is 0 Å². The predicted molar refractivity (Wildman–Crippen MR) is 144 cm³/mol. The van der Waals surface area contributed by atoms with Crippen molar-refractivity contribution in [2.24, 2.45) is 10.3 Å². The van der Waals surface area contributed by atoms with Gasteiger partial charge in [0.15, 0.2) is 33.3 Å². The highest BCUT2D eigenvalue weighted by atomic mass is 28.4. The standard InChI is InChI=1S/C20H48N2O6Si4/c1-23-21-15-17(25-29(3,4)5)19(27-31(9,10)11)20(28-32(12,13)14)18(16-22-24-2)26-30(6,7)8/h15-20H,1-14H3/b21-15-,22-16-/t17-,18+,19+,20-. The van der Waals surface area contributed by atoms with Gasteiger partial charge in [-0.15, -0.1) is 0 Å². The summed E-state index contributed by atoms with van der Waals surface area (Å²) in [6, 6.07) is 0. The Hall–Kier alpha value is -0.352. The third kappa shape index (κ3) is 15.5. The second kappa shape index (κ2) is 12.9. The van der Waals surface area contributed by atoms with E-state index in [9.17, 15) is 0 Å². The summed E-state index contributed by atoms with van der Waals surface area (Å²) >= 11 is 0. The zero-order valence-corrected chi connectivity index (χ0v) is 26.8. The van der Waals surface area contributed by atoms with Gasteiger partial charge in [-0.25, -0.2) is 0 Å². The first kappa shape index (κ1) is 31.6. The van der Waals surface area contributed by atoms with Gasteiger partial charge in [-0.2, -0.15) is 0 Å². The molecule has 0 N–H and O–H groups in total. The van der Waals surface area contributed by atoms with E-state index in [1.54, 1.807) is 12.4 Å². The Kier molecular flexibility index (Phi) is 12.8. The summed E-state index contributed by atoms with van der Waals surface area (Å²) in [5.41, 5.74) is 0. The molecule has 0 bridgehead atoms. The topological polar surface area (TPSA) is 80.1 Å². The highest BCUT2D eigenvalue weighted by Crippen LogP contribution is 2.27. The average molecular weight is 525 g/mol. The van der Waals surface area contributed by atoms with Crippen molar-refractivity contribution < 1.29 is 27.4 Å². The second-order valence-corrected chi connectivity index (χ2v) is 29.5. The number of oxime groups is 2. The molecule has 190 valence electrons. The monoisotopic (exact) mass is 524 g/mol. The highest BCUT2D eigenvalue weighted by molar-refractivity contribution is 6.71. The fourth-order valence-corrected chi connectivity index (χ4v) is 7.07. The summed E-state index contributed by atoms with van der Waals surface area (Å²) in [7, 11) is -4.93. The van der Waals surface area contributed by atoms with Gasteiger partial charge in [0.05, 0.1) is 12.4 Å². The summed E-state index contributed by atoms with van der Waals surface area (Å²) in [4.78, 5) is 10.0. The molecule has 0 radical (unpaired) electrons. The molecular weight excluding hydrogens is 477 g/mol. The highest BCUT2D eigenvalue weighted by Gasteiger charge is 2.44. The Morgan fingerprint density at radius 3 is 0.906 bits per heavy atom. The van der Waals surface area contributed by atoms with Crippen LogP contribution in [-0.4, -0.2) is 84.3 Å². The van der Waals surface area contributed by atoms with Crippen LogP contribution in [0.25, 0.3) is 0 Å². The third-order valence-corrected chi connectivity index (χ3v) is 7.47. The molecule has 32 heavy (non-hydrogen) atoms. The lowest BCUT2D eigenvalue weighted by atomic mass is 10.0. The molecule has 0 aromatic rings. The van der Waals surface area contributed by atoms with Gasteiger partial charge in [-0.3, -0.25) is 0 Å². The molecule has 0 spiro atoms. The number of rotatable bonds is 15. The first-order valence-corrected chi connectivity index (χ1v) is 24.8. The van der Waals surface area contributed by atoms with E-state index in [1.165, 1.54) is 14.2 Å². The summed E-state index contributed by atoms with van der Waals surface area (Å²) in [6.07, 6.45) is 1.54. The lowest BCUT2D eigenvalue weighted by Gasteiger charge is -2.43. The van der Waals surface area contributed by atoms with Crippen molar-refractivity contribution in [2.45, 2.75) is 103 Å². The minimum Gasteiger partial charge on any atom is -0.409 e. The van der Waals surface area contributed by atoms with E-state index in [0.29, 0.717) is 0 Å². The van der Waals surface area contributed by atoms with Crippen molar-refractivity contribution in [3.05, 3.63) is 0 Å². The summed E-state index contributed by atoms with van der Waals surface area (Å²) in [5.74, 6) is 0. The number of hydrogen-bond donors (Lipinski definition) is 0. The quantitative estimate of drug-likeness (QED) is 0.168. The molecule has 0 rings (SSSR count). The summed E-state index contributed by atoms with van der Waals surface area (Å²) in [5, 5.41) is 8.11. The second-order valence-electron chi connectivity index (χ2n) is 11.7. The predicted octanol–water partition coefficient (Wildman–Crippen LogP) is 5.13. The maximum atomic E-state index is 6.75. The van der Waals surface area contributed by atoms with E-state index in [1.807, 2.05) is 0 Å². The molecule has 0 aliphatic heterocycles. The number of nitrogens with zero attached hydrogens (tertiary/aromatic N) is 2. The van der Waals surface area contributed by atoms with Crippen molar-refractivity contribution >= 4 is 45.7 Å². The fourth-order valence-electron chi connectivity index (χ4n) is 2.88. The molecule has 4 atom stereocenters. The van der Waals surface area contributed by atoms with Crippen LogP contribution in [0.4, 0.5) is 0 Å². The summed E-state index contributed by atoms with van der Waals surface area (Å²) < 4.78 is 26.6. The lowest BCUT2D eigenvalue weighted by Crippen LogP contribution is -2.59. The number of hydrogen-bond acceptors (Lipinski definition) is 8. The molecule has 0 aromatic heterocycles. The van der Waals surface area contributed by atoms with Crippen LogP contribution in [0.5, 0.6) is 0 Å². The molecule has 0 aliphatic carbocycles. The van der Waals surface area contributed by atoms with Crippen molar-refractivity contribution in [1.82, 2.24) is 0 Å². The largest absolute Gasteiger partial charge is 0.409 e. The molecule has 12 heteroatoms. The Morgan fingerprint density at radius 2 is 0.719 bits per heavy atom. The molecule has 0 amide bonds. The third-order valence-electron chi connectivity index (χ3n) is 3.56. The molecule has 8 nitrogen and oxygen atoms in total. The maximum Gasteiger partial charge on any atom is 0.184 e. The van der Waals surface area contributed by atoms with E-state index in [0.717, 1.165) is 0 Å². The Labute approximate surface area is 200 Å². The molecule has 0 fully saturated rings. The van der Waals surface area contributed by atoms with Gasteiger partial charge in [0.1, 0.15) is 38.6 Å². The van der Waals surface area contributed by atoms with Gasteiger partial charge in [0.2, 0.25) is 0 Å². The van der Waals surface area contributed by atoms with Crippen LogP contribution in [-0.2, 0) is 27.4 Å². The molecule has 0 unspecified atom stereocenters.